The highest BCUT2D eigenvalue weighted by Gasteiger charge is 2.26. The molecule has 0 saturated carbocycles. The van der Waals surface area contributed by atoms with Crippen molar-refractivity contribution in [3.63, 3.8) is 0 Å². The molecule has 3 heterocycles. The number of benzene rings is 1. The molecule has 1 saturated heterocycles. The summed E-state index contributed by atoms with van der Waals surface area (Å²) in [5, 5.41) is 3.40. The fourth-order valence-corrected chi connectivity index (χ4v) is 3.37. The normalized spacial score (nSPS) is 14.3. The van der Waals surface area contributed by atoms with Crippen molar-refractivity contribution in [3.8, 4) is 0 Å². The first-order valence-corrected chi connectivity index (χ1v) is 9.34. The Hall–Kier alpha value is -2.90. The van der Waals surface area contributed by atoms with Gasteiger partial charge < -0.3 is 15.0 Å². The van der Waals surface area contributed by atoms with E-state index in [0.717, 1.165) is 5.56 Å². The fourth-order valence-electron chi connectivity index (χ4n) is 3.19. The summed E-state index contributed by atoms with van der Waals surface area (Å²) in [6.07, 6.45) is 1.72. The second kappa shape index (κ2) is 7.61. The molecule has 0 atom stereocenters. The summed E-state index contributed by atoms with van der Waals surface area (Å²) in [6, 6.07) is 10.7. The maximum Gasteiger partial charge on any atom is 0.292 e. The van der Waals surface area contributed by atoms with Crippen LogP contribution in [0.5, 0.6) is 0 Å². The van der Waals surface area contributed by atoms with Gasteiger partial charge in [0.25, 0.3) is 11.8 Å². The molecule has 7 nitrogen and oxygen atoms in total. The lowest BCUT2D eigenvalue weighted by Gasteiger charge is -2.26. The molecule has 0 radical (unpaired) electrons. The van der Waals surface area contributed by atoms with Gasteiger partial charge in [-0.2, -0.15) is 0 Å². The van der Waals surface area contributed by atoms with Crippen molar-refractivity contribution < 1.29 is 14.3 Å². The standard InChI is InChI=1S/C20H19ClN4O3/c1-13-14(21)5-4-6-15(13)22-19(26)18-23-17(16-7-2-3-8-25(16)18)20(27)24-9-11-28-12-10-24/h2-8H,9-12H2,1H3,(H,22,26). The monoisotopic (exact) mass is 398 g/mol. The molecule has 0 unspecified atom stereocenters. The number of anilines is 1. The lowest BCUT2D eigenvalue weighted by Crippen LogP contribution is -2.40. The predicted molar refractivity (Wildman–Crippen MR) is 106 cm³/mol. The van der Waals surface area contributed by atoms with E-state index in [-0.39, 0.29) is 17.4 Å². The fraction of sp³-hybridized carbons (Fsp3) is 0.250. The molecule has 0 bridgehead atoms. The van der Waals surface area contributed by atoms with Crippen LogP contribution < -0.4 is 5.32 Å². The number of fused-ring (bicyclic) bond motifs is 1. The van der Waals surface area contributed by atoms with E-state index in [1.165, 1.54) is 0 Å². The van der Waals surface area contributed by atoms with Gasteiger partial charge in [-0.1, -0.05) is 23.7 Å². The van der Waals surface area contributed by atoms with Crippen LogP contribution in [0.2, 0.25) is 5.02 Å². The summed E-state index contributed by atoms with van der Waals surface area (Å²) in [7, 11) is 0. The molecule has 1 aliphatic rings. The zero-order chi connectivity index (χ0) is 19.7. The summed E-state index contributed by atoms with van der Waals surface area (Å²) in [4.78, 5) is 32.0. The van der Waals surface area contributed by atoms with Crippen LogP contribution in [0.1, 0.15) is 26.7 Å². The highest BCUT2D eigenvalue weighted by atomic mass is 35.5. The Bertz CT molecular complexity index is 1060. The summed E-state index contributed by atoms with van der Waals surface area (Å²) in [5.74, 6) is -0.468. The number of imidazole rings is 1. The van der Waals surface area contributed by atoms with Crippen LogP contribution >= 0.6 is 11.6 Å². The first-order valence-electron chi connectivity index (χ1n) is 8.97. The second-order valence-electron chi connectivity index (χ2n) is 6.51. The van der Waals surface area contributed by atoms with Gasteiger partial charge in [-0.25, -0.2) is 4.98 Å². The summed E-state index contributed by atoms with van der Waals surface area (Å²) >= 11 is 6.14. The van der Waals surface area contributed by atoms with E-state index in [9.17, 15) is 9.59 Å². The number of hydrogen-bond acceptors (Lipinski definition) is 4. The van der Waals surface area contributed by atoms with E-state index in [2.05, 4.69) is 10.3 Å². The number of carbonyl (C=O) groups is 2. The molecule has 28 heavy (non-hydrogen) atoms. The maximum atomic E-state index is 13.0. The Labute approximate surface area is 166 Å². The highest BCUT2D eigenvalue weighted by molar-refractivity contribution is 6.31. The molecule has 2 aromatic heterocycles. The van der Waals surface area contributed by atoms with E-state index >= 15 is 0 Å². The molecule has 0 spiro atoms. The van der Waals surface area contributed by atoms with Crippen molar-refractivity contribution in [2.24, 2.45) is 0 Å². The van der Waals surface area contributed by atoms with Crippen molar-refractivity contribution in [1.29, 1.82) is 0 Å². The summed E-state index contributed by atoms with van der Waals surface area (Å²) in [5.41, 5.74) is 2.22. The number of nitrogens with zero attached hydrogens (tertiary/aromatic N) is 3. The number of halogens is 1. The number of aromatic nitrogens is 2. The molecule has 3 aromatic rings. The van der Waals surface area contributed by atoms with Gasteiger partial charge in [0.15, 0.2) is 5.69 Å². The van der Waals surface area contributed by atoms with Crippen molar-refractivity contribution in [2.75, 3.05) is 31.6 Å². The quantitative estimate of drug-likeness (QED) is 0.735. The van der Waals surface area contributed by atoms with Gasteiger partial charge >= 0.3 is 0 Å². The van der Waals surface area contributed by atoms with Crippen LogP contribution in [0.25, 0.3) is 5.52 Å². The number of pyridine rings is 1. The van der Waals surface area contributed by atoms with Crippen LogP contribution in [0.3, 0.4) is 0 Å². The Morgan fingerprint density at radius 3 is 2.71 bits per heavy atom. The van der Waals surface area contributed by atoms with E-state index in [1.54, 1.807) is 45.8 Å². The van der Waals surface area contributed by atoms with Crippen molar-refractivity contribution in [3.05, 3.63) is 64.7 Å². The zero-order valence-electron chi connectivity index (χ0n) is 15.3. The van der Waals surface area contributed by atoms with Gasteiger partial charge in [-0.05, 0) is 36.8 Å². The number of rotatable bonds is 3. The van der Waals surface area contributed by atoms with Gasteiger partial charge in [0, 0.05) is 30.0 Å². The third kappa shape index (κ3) is 3.34. The van der Waals surface area contributed by atoms with Crippen molar-refractivity contribution in [2.45, 2.75) is 6.92 Å². The molecule has 2 amide bonds. The number of hydrogen-bond donors (Lipinski definition) is 1. The average Bonchev–Trinajstić information content (AvgIpc) is 3.11. The largest absolute Gasteiger partial charge is 0.378 e. The van der Waals surface area contributed by atoms with Crippen LogP contribution in [-0.2, 0) is 4.74 Å². The average molecular weight is 399 g/mol. The minimum absolute atomic E-state index is 0.145. The van der Waals surface area contributed by atoms with Gasteiger partial charge in [0.05, 0.1) is 18.7 Å². The molecule has 1 N–H and O–H groups in total. The molecule has 8 heteroatoms. The molecule has 0 aliphatic carbocycles. The number of morpholine rings is 1. The van der Waals surface area contributed by atoms with Crippen LogP contribution in [0, 0.1) is 6.92 Å². The topological polar surface area (TPSA) is 75.9 Å². The molecule has 1 fully saturated rings. The van der Waals surface area contributed by atoms with Crippen LogP contribution in [-0.4, -0.2) is 52.4 Å². The lowest BCUT2D eigenvalue weighted by molar-refractivity contribution is 0.0300. The van der Waals surface area contributed by atoms with Gasteiger partial charge in [-0.3, -0.25) is 14.0 Å². The van der Waals surface area contributed by atoms with E-state index in [0.29, 0.717) is 42.5 Å². The highest BCUT2D eigenvalue weighted by Crippen LogP contribution is 2.24. The molecular formula is C20H19ClN4O3. The molecule has 1 aromatic carbocycles. The predicted octanol–water partition coefficient (Wildman–Crippen LogP) is 3.02. The van der Waals surface area contributed by atoms with Crippen LogP contribution in [0.15, 0.2) is 42.6 Å². The molecular weight excluding hydrogens is 380 g/mol. The van der Waals surface area contributed by atoms with Gasteiger partial charge in [0.2, 0.25) is 5.82 Å². The number of carbonyl (C=O) groups excluding carboxylic acids is 2. The molecule has 1 aliphatic heterocycles. The zero-order valence-corrected chi connectivity index (χ0v) is 16.1. The van der Waals surface area contributed by atoms with Gasteiger partial charge in [-0.15, -0.1) is 0 Å². The number of amides is 2. The molecule has 4 rings (SSSR count). The minimum Gasteiger partial charge on any atom is -0.378 e. The second-order valence-corrected chi connectivity index (χ2v) is 6.92. The smallest absolute Gasteiger partial charge is 0.292 e. The SMILES string of the molecule is Cc1c(Cl)cccc1NC(=O)c1nc(C(=O)N2CCOCC2)c2ccccn12. The van der Waals surface area contributed by atoms with Crippen LogP contribution in [0.4, 0.5) is 5.69 Å². The van der Waals surface area contributed by atoms with E-state index in [1.807, 2.05) is 13.0 Å². The first-order chi connectivity index (χ1) is 13.6. The Morgan fingerprint density at radius 2 is 1.93 bits per heavy atom. The number of nitrogens with one attached hydrogen (secondary N) is 1. The number of ether oxygens (including phenoxy) is 1. The van der Waals surface area contributed by atoms with E-state index < -0.39 is 5.91 Å². The third-order valence-corrected chi connectivity index (χ3v) is 5.18. The maximum absolute atomic E-state index is 13.0. The van der Waals surface area contributed by atoms with Gasteiger partial charge in [0.1, 0.15) is 0 Å². The summed E-state index contributed by atoms with van der Waals surface area (Å²) < 4.78 is 6.94. The van der Waals surface area contributed by atoms with E-state index in [4.69, 9.17) is 16.3 Å². The minimum atomic E-state index is -0.410. The Morgan fingerprint density at radius 1 is 1.14 bits per heavy atom. The van der Waals surface area contributed by atoms with Crippen molar-refractivity contribution >= 4 is 34.6 Å². The third-order valence-electron chi connectivity index (χ3n) is 4.77. The van der Waals surface area contributed by atoms with Crippen molar-refractivity contribution in [1.82, 2.24) is 14.3 Å². The summed E-state index contributed by atoms with van der Waals surface area (Å²) in [6.45, 7) is 3.84. The Balaban J connectivity index is 1.70. The Kier molecular flexibility index (Phi) is 5.02. The molecule has 144 valence electrons. The lowest BCUT2D eigenvalue weighted by atomic mass is 10.2. The first kappa shape index (κ1) is 18.5.